The minimum atomic E-state index is -0.925. The SMILES string of the molecule is [C-]#[N+]c1ccc2c(c1)OC[C@H](NC(=O)c1ncc(C)c(-c3ccccc3)n1)C(=O)N2C. The summed E-state index contributed by atoms with van der Waals surface area (Å²) < 4.78 is 5.73. The lowest BCUT2D eigenvalue weighted by atomic mass is 10.1. The van der Waals surface area contributed by atoms with Gasteiger partial charge in [-0.15, -0.1) is 0 Å². The molecule has 1 aliphatic heterocycles. The Hall–Kier alpha value is -4.25. The predicted octanol–water partition coefficient (Wildman–Crippen LogP) is 3.16. The number of nitrogens with zero attached hydrogens (tertiary/aromatic N) is 4. The Labute approximate surface area is 179 Å². The van der Waals surface area contributed by atoms with E-state index in [0.717, 1.165) is 11.1 Å². The van der Waals surface area contributed by atoms with Crippen LogP contribution in [-0.2, 0) is 4.79 Å². The second-order valence-electron chi connectivity index (χ2n) is 7.09. The maximum Gasteiger partial charge on any atom is 0.289 e. The highest BCUT2D eigenvalue weighted by atomic mass is 16.5. The van der Waals surface area contributed by atoms with Crippen molar-refractivity contribution in [2.75, 3.05) is 18.6 Å². The van der Waals surface area contributed by atoms with Crippen molar-refractivity contribution < 1.29 is 14.3 Å². The lowest BCUT2D eigenvalue weighted by molar-refractivity contribution is -0.120. The largest absolute Gasteiger partial charge is 0.490 e. The number of aromatic nitrogens is 2. The van der Waals surface area contributed by atoms with E-state index in [-0.39, 0.29) is 18.3 Å². The molecule has 0 fully saturated rings. The molecular formula is C23H19N5O3. The van der Waals surface area contributed by atoms with Crippen LogP contribution in [0.4, 0.5) is 11.4 Å². The maximum absolute atomic E-state index is 12.9. The summed E-state index contributed by atoms with van der Waals surface area (Å²) in [6.07, 6.45) is 1.59. The molecule has 0 aliphatic carbocycles. The highest BCUT2D eigenvalue weighted by Crippen LogP contribution is 2.34. The minimum Gasteiger partial charge on any atom is -0.490 e. The first kappa shape index (κ1) is 20.0. The fourth-order valence-corrected chi connectivity index (χ4v) is 3.33. The van der Waals surface area contributed by atoms with Gasteiger partial charge in [-0.25, -0.2) is 14.8 Å². The fourth-order valence-electron chi connectivity index (χ4n) is 3.33. The second kappa shape index (κ2) is 8.24. The minimum absolute atomic E-state index is 0.0306. The first-order valence-electron chi connectivity index (χ1n) is 9.59. The zero-order valence-electron chi connectivity index (χ0n) is 17.0. The molecule has 154 valence electrons. The van der Waals surface area contributed by atoms with Crippen LogP contribution in [0.2, 0.25) is 0 Å². The summed E-state index contributed by atoms with van der Waals surface area (Å²) in [6, 6.07) is 13.4. The van der Waals surface area contributed by atoms with Crippen LogP contribution in [-0.4, -0.2) is 41.5 Å². The topological polar surface area (TPSA) is 88.8 Å². The van der Waals surface area contributed by atoms with E-state index < -0.39 is 11.9 Å². The smallest absolute Gasteiger partial charge is 0.289 e. The zero-order valence-corrected chi connectivity index (χ0v) is 17.0. The third kappa shape index (κ3) is 3.94. The predicted molar refractivity (Wildman–Crippen MR) is 115 cm³/mol. The Bertz CT molecular complexity index is 1200. The average molecular weight is 413 g/mol. The number of likely N-dealkylation sites (N-methyl/N-ethyl adjacent to an activating group) is 1. The molecule has 0 bridgehead atoms. The summed E-state index contributed by atoms with van der Waals surface area (Å²) in [5.74, 6) is -0.519. The summed E-state index contributed by atoms with van der Waals surface area (Å²) in [4.78, 5) is 39.1. The highest BCUT2D eigenvalue weighted by molar-refractivity contribution is 6.02. The van der Waals surface area contributed by atoms with Crippen LogP contribution in [0, 0.1) is 13.5 Å². The molecule has 0 saturated heterocycles. The number of amides is 2. The Morgan fingerprint density at radius 1 is 1.26 bits per heavy atom. The number of hydrogen-bond donors (Lipinski definition) is 1. The van der Waals surface area contributed by atoms with Crippen molar-refractivity contribution in [3.63, 3.8) is 0 Å². The van der Waals surface area contributed by atoms with Crippen LogP contribution in [0.1, 0.15) is 16.2 Å². The Morgan fingerprint density at radius 2 is 2.03 bits per heavy atom. The van der Waals surface area contributed by atoms with Crippen LogP contribution in [0.15, 0.2) is 54.7 Å². The monoisotopic (exact) mass is 413 g/mol. The van der Waals surface area contributed by atoms with Gasteiger partial charge < -0.3 is 15.0 Å². The summed E-state index contributed by atoms with van der Waals surface area (Å²) in [6.45, 7) is 8.95. The molecule has 2 heterocycles. The van der Waals surface area contributed by atoms with Gasteiger partial charge in [-0.1, -0.05) is 36.4 Å². The molecule has 1 aromatic heterocycles. The van der Waals surface area contributed by atoms with E-state index in [1.165, 1.54) is 4.90 Å². The molecule has 3 aromatic rings. The van der Waals surface area contributed by atoms with E-state index in [4.69, 9.17) is 11.3 Å². The lowest BCUT2D eigenvalue weighted by Crippen LogP contribution is -2.49. The number of fused-ring (bicyclic) bond motifs is 1. The quantitative estimate of drug-likeness (QED) is 0.667. The van der Waals surface area contributed by atoms with Crippen LogP contribution < -0.4 is 15.0 Å². The van der Waals surface area contributed by atoms with E-state index in [9.17, 15) is 9.59 Å². The molecule has 0 unspecified atom stereocenters. The van der Waals surface area contributed by atoms with Gasteiger partial charge in [-0.2, -0.15) is 0 Å². The van der Waals surface area contributed by atoms with Crippen molar-refractivity contribution in [3.8, 4) is 17.0 Å². The summed E-state index contributed by atoms with van der Waals surface area (Å²) in [5, 5.41) is 2.68. The maximum atomic E-state index is 12.9. The number of aryl methyl sites for hydroxylation is 1. The molecule has 8 heteroatoms. The molecule has 31 heavy (non-hydrogen) atoms. The van der Waals surface area contributed by atoms with Gasteiger partial charge in [0.1, 0.15) is 18.4 Å². The molecule has 1 aliphatic rings. The van der Waals surface area contributed by atoms with E-state index in [1.807, 2.05) is 37.3 Å². The average Bonchev–Trinajstić information content (AvgIpc) is 2.91. The molecular weight excluding hydrogens is 394 g/mol. The Balaban J connectivity index is 1.57. The molecule has 1 N–H and O–H groups in total. The number of carbonyl (C=O) groups is 2. The zero-order chi connectivity index (χ0) is 22.0. The van der Waals surface area contributed by atoms with Gasteiger partial charge in [0, 0.05) is 18.8 Å². The number of carbonyl (C=O) groups excluding carboxylic acids is 2. The third-order valence-electron chi connectivity index (χ3n) is 5.00. The van der Waals surface area contributed by atoms with Gasteiger partial charge in [-0.05, 0) is 24.6 Å². The highest BCUT2D eigenvalue weighted by Gasteiger charge is 2.31. The van der Waals surface area contributed by atoms with Gasteiger partial charge in [0.25, 0.3) is 11.8 Å². The summed E-state index contributed by atoms with van der Waals surface area (Å²) in [5.41, 5.74) is 3.30. The van der Waals surface area contributed by atoms with Crippen molar-refractivity contribution in [1.82, 2.24) is 15.3 Å². The van der Waals surface area contributed by atoms with Gasteiger partial charge in [0.05, 0.1) is 18.0 Å². The second-order valence-corrected chi connectivity index (χ2v) is 7.09. The Kier molecular flexibility index (Phi) is 5.33. The molecule has 2 amide bonds. The fraction of sp³-hybridized carbons (Fsp3) is 0.174. The van der Waals surface area contributed by atoms with Crippen molar-refractivity contribution >= 4 is 23.2 Å². The first-order chi connectivity index (χ1) is 15.0. The number of ether oxygens (including phenoxy) is 1. The van der Waals surface area contributed by atoms with Gasteiger partial charge in [0.2, 0.25) is 5.82 Å². The normalized spacial score (nSPS) is 15.3. The third-order valence-corrected chi connectivity index (χ3v) is 5.00. The van der Waals surface area contributed by atoms with Gasteiger partial charge in [-0.3, -0.25) is 9.59 Å². The van der Waals surface area contributed by atoms with Crippen LogP contribution in [0.5, 0.6) is 5.75 Å². The molecule has 4 rings (SSSR count). The van der Waals surface area contributed by atoms with E-state index in [0.29, 0.717) is 22.8 Å². The standard InChI is InChI=1S/C23H19N5O3/c1-14-12-25-21(27-20(14)15-7-5-4-6-8-15)22(29)26-17-13-31-19-11-16(24-2)9-10-18(19)28(3)23(17)30/h4-12,17H,13H2,1,3H3,(H,26,29)/t17-/m0/s1. The number of rotatable bonds is 3. The van der Waals surface area contributed by atoms with E-state index in [1.54, 1.807) is 31.4 Å². The van der Waals surface area contributed by atoms with Crippen LogP contribution >= 0.6 is 0 Å². The first-order valence-corrected chi connectivity index (χ1v) is 9.59. The number of hydrogen-bond acceptors (Lipinski definition) is 5. The molecule has 0 spiro atoms. The van der Waals surface area contributed by atoms with Gasteiger partial charge in [0.15, 0.2) is 5.69 Å². The van der Waals surface area contributed by atoms with Crippen LogP contribution in [0.25, 0.3) is 16.1 Å². The Morgan fingerprint density at radius 3 is 2.77 bits per heavy atom. The van der Waals surface area contributed by atoms with Crippen molar-refractivity contribution in [1.29, 1.82) is 0 Å². The van der Waals surface area contributed by atoms with Gasteiger partial charge >= 0.3 is 0 Å². The molecule has 0 saturated carbocycles. The van der Waals surface area contributed by atoms with E-state index in [2.05, 4.69) is 20.1 Å². The van der Waals surface area contributed by atoms with Crippen molar-refractivity contribution in [2.45, 2.75) is 13.0 Å². The number of benzene rings is 2. The lowest BCUT2D eigenvalue weighted by Gasteiger charge is -2.20. The van der Waals surface area contributed by atoms with Crippen LogP contribution in [0.3, 0.4) is 0 Å². The summed E-state index contributed by atoms with van der Waals surface area (Å²) in [7, 11) is 1.60. The molecule has 0 radical (unpaired) electrons. The molecule has 2 aromatic carbocycles. The van der Waals surface area contributed by atoms with Crippen molar-refractivity contribution in [2.24, 2.45) is 0 Å². The summed E-state index contributed by atoms with van der Waals surface area (Å²) >= 11 is 0. The van der Waals surface area contributed by atoms with Crippen molar-refractivity contribution in [3.05, 3.63) is 77.5 Å². The molecule has 8 nitrogen and oxygen atoms in total. The molecule has 1 atom stereocenters. The van der Waals surface area contributed by atoms with E-state index >= 15 is 0 Å². The number of anilines is 1. The number of nitrogens with one attached hydrogen (secondary N) is 1.